The Hall–Kier alpha value is -1.40. The van der Waals surface area contributed by atoms with E-state index in [1.807, 2.05) is 6.07 Å². The maximum atomic E-state index is 12.2. The van der Waals surface area contributed by atoms with Crippen LogP contribution < -0.4 is 5.32 Å². The van der Waals surface area contributed by atoms with Crippen molar-refractivity contribution in [3.63, 3.8) is 0 Å². The Morgan fingerprint density at radius 1 is 1.45 bits per heavy atom. The number of hydrogen-bond donors (Lipinski definition) is 2. The second kappa shape index (κ2) is 6.38. The third kappa shape index (κ3) is 3.67. The van der Waals surface area contributed by atoms with Crippen LogP contribution in [0.1, 0.15) is 55.7 Å². The molecule has 3 atom stereocenters. The number of nitrogens with one attached hydrogen (secondary N) is 2. The highest BCUT2D eigenvalue weighted by atomic mass is 16.5. The van der Waals surface area contributed by atoms with Gasteiger partial charge in [-0.05, 0) is 39.7 Å². The molecule has 0 bridgehead atoms. The highest BCUT2D eigenvalue weighted by Gasteiger charge is 2.28. The molecule has 0 aromatic carbocycles. The Morgan fingerprint density at radius 3 is 2.77 bits per heavy atom. The van der Waals surface area contributed by atoms with Crippen LogP contribution in [0.15, 0.2) is 6.07 Å². The van der Waals surface area contributed by atoms with Crippen molar-refractivity contribution in [3.05, 3.63) is 17.5 Å². The number of carbonyl (C=O) groups excluding carboxylic acids is 1. The van der Waals surface area contributed by atoms with Gasteiger partial charge in [0.2, 0.25) is 0 Å². The summed E-state index contributed by atoms with van der Waals surface area (Å²) in [4.78, 5) is 14.6. The van der Waals surface area contributed by atoms with Gasteiger partial charge < -0.3 is 10.1 Å². The molecule has 1 saturated heterocycles. The standard InChI is InChI=1S/C16H26N4O2/c1-10(20-8-11(2)22-12(3)9-20)7-17-16(21)15-6-14(18-19-15)13-4-5-13/h6,10-13H,4-5,7-9H2,1-3H3,(H,17,21)(H,18,19)/t10-,11-,12+/m1/s1. The van der Waals surface area contributed by atoms with Crippen molar-refractivity contribution < 1.29 is 9.53 Å². The average Bonchev–Trinajstić information content (AvgIpc) is 3.20. The summed E-state index contributed by atoms with van der Waals surface area (Å²) < 4.78 is 5.75. The molecule has 6 heteroatoms. The van der Waals surface area contributed by atoms with Gasteiger partial charge in [0.05, 0.1) is 12.2 Å². The molecule has 2 N–H and O–H groups in total. The normalized spacial score (nSPS) is 27.6. The van der Waals surface area contributed by atoms with Crippen molar-refractivity contribution in [2.24, 2.45) is 0 Å². The highest BCUT2D eigenvalue weighted by molar-refractivity contribution is 5.92. The van der Waals surface area contributed by atoms with E-state index in [9.17, 15) is 4.79 Å². The predicted molar refractivity (Wildman–Crippen MR) is 83.9 cm³/mol. The number of carbonyl (C=O) groups is 1. The molecule has 6 nitrogen and oxygen atoms in total. The Kier molecular flexibility index (Phi) is 4.49. The van der Waals surface area contributed by atoms with Crippen molar-refractivity contribution in [2.75, 3.05) is 19.6 Å². The van der Waals surface area contributed by atoms with Crippen LogP contribution in [-0.2, 0) is 4.74 Å². The number of aromatic nitrogens is 2. The second-order valence-electron chi connectivity index (χ2n) is 6.75. The fraction of sp³-hybridized carbons (Fsp3) is 0.750. The molecule has 3 rings (SSSR count). The molecular formula is C16H26N4O2. The maximum absolute atomic E-state index is 12.2. The molecule has 1 aromatic heterocycles. The first-order valence-corrected chi connectivity index (χ1v) is 8.26. The molecule has 122 valence electrons. The van der Waals surface area contributed by atoms with E-state index in [1.54, 1.807) is 0 Å². The number of aromatic amines is 1. The summed E-state index contributed by atoms with van der Waals surface area (Å²) in [6.07, 6.45) is 2.89. The monoisotopic (exact) mass is 306 g/mol. The number of amides is 1. The minimum absolute atomic E-state index is 0.0932. The van der Waals surface area contributed by atoms with Gasteiger partial charge in [0, 0.05) is 37.3 Å². The van der Waals surface area contributed by atoms with Gasteiger partial charge in [-0.2, -0.15) is 5.10 Å². The summed E-state index contributed by atoms with van der Waals surface area (Å²) >= 11 is 0. The van der Waals surface area contributed by atoms with Crippen molar-refractivity contribution in [1.29, 1.82) is 0 Å². The molecule has 2 fully saturated rings. The minimum atomic E-state index is -0.0932. The van der Waals surface area contributed by atoms with Gasteiger partial charge in [0.1, 0.15) is 5.69 Å². The predicted octanol–water partition coefficient (Wildman–Crippen LogP) is 1.51. The Balaban J connectivity index is 1.49. The Labute approximate surface area is 131 Å². The average molecular weight is 306 g/mol. The fourth-order valence-electron chi connectivity index (χ4n) is 3.09. The number of hydrogen-bond acceptors (Lipinski definition) is 4. The SMILES string of the molecule is C[C@@H]1CN([C@H](C)CNC(=O)c2cc(C3CC3)[nH]n2)C[C@H](C)O1. The first-order chi connectivity index (χ1) is 10.5. The third-order valence-corrected chi connectivity index (χ3v) is 4.48. The van der Waals surface area contributed by atoms with Gasteiger partial charge in [-0.1, -0.05) is 0 Å². The summed E-state index contributed by atoms with van der Waals surface area (Å²) in [7, 11) is 0. The van der Waals surface area contributed by atoms with Crippen LogP contribution in [0.5, 0.6) is 0 Å². The molecule has 1 aliphatic carbocycles. The van der Waals surface area contributed by atoms with Gasteiger partial charge in [0.25, 0.3) is 5.91 Å². The summed E-state index contributed by atoms with van der Waals surface area (Å²) in [6.45, 7) is 8.79. The van der Waals surface area contributed by atoms with Crippen LogP contribution in [-0.4, -0.2) is 58.9 Å². The van der Waals surface area contributed by atoms with E-state index < -0.39 is 0 Å². The lowest BCUT2D eigenvalue weighted by Gasteiger charge is -2.38. The first kappa shape index (κ1) is 15.5. The van der Waals surface area contributed by atoms with E-state index in [-0.39, 0.29) is 18.1 Å². The minimum Gasteiger partial charge on any atom is -0.373 e. The van der Waals surface area contributed by atoms with Crippen LogP contribution >= 0.6 is 0 Å². The van der Waals surface area contributed by atoms with Crippen molar-refractivity contribution >= 4 is 5.91 Å². The largest absolute Gasteiger partial charge is 0.373 e. The molecule has 0 radical (unpaired) electrons. The topological polar surface area (TPSA) is 70.2 Å². The zero-order valence-electron chi connectivity index (χ0n) is 13.6. The van der Waals surface area contributed by atoms with E-state index in [2.05, 4.69) is 41.2 Å². The van der Waals surface area contributed by atoms with Crippen molar-refractivity contribution in [2.45, 2.75) is 57.8 Å². The smallest absolute Gasteiger partial charge is 0.271 e. The molecule has 1 amide bonds. The second-order valence-corrected chi connectivity index (χ2v) is 6.75. The highest BCUT2D eigenvalue weighted by Crippen LogP contribution is 2.38. The van der Waals surface area contributed by atoms with Gasteiger partial charge in [-0.3, -0.25) is 14.8 Å². The molecule has 0 unspecified atom stereocenters. The molecule has 22 heavy (non-hydrogen) atoms. The zero-order chi connectivity index (χ0) is 15.7. The van der Waals surface area contributed by atoms with Crippen LogP contribution in [0.4, 0.5) is 0 Å². The number of nitrogens with zero attached hydrogens (tertiary/aromatic N) is 2. The molecule has 2 heterocycles. The van der Waals surface area contributed by atoms with Crippen LogP contribution in [0, 0.1) is 0 Å². The van der Waals surface area contributed by atoms with E-state index in [4.69, 9.17) is 4.74 Å². The van der Waals surface area contributed by atoms with E-state index in [0.29, 0.717) is 24.2 Å². The van der Waals surface area contributed by atoms with Gasteiger partial charge >= 0.3 is 0 Å². The molecule has 0 spiro atoms. The number of rotatable bonds is 5. The van der Waals surface area contributed by atoms with Gasteiger partial charge in [-0.15, -0.1) is 0 Å². The summed E-state index contributed by atoms with van der Waals surface area (Å²) in [5.74, 6) is 0.494. The lowest BCUT2D eigenvalue weighted by molar-refractivity contribution is -0.0778. The van der Waals surface area contributed by atoms with E-state index in [1.165, 1.54) is 12.8 Å². The maximum Gasteiger partial charge on any atom is 0.271 e. The molecule has 1 aromatic rings. The lowest BCUT2D eigenvalue weighted by atomic mass is 10.1. The molecule has 1 aliphatic heterocycles. The number of morpholine rings is 1. The molecule has 2 aliphatic rings. The summed E-state index contributed by atoms with van der Waals surface area (Å²) in [5, 5.41) is 10.1. The fourth-order valence-corrected chi connectivity index (χ4v) is 3.09. The van der Waals surface area contributed by atoms with Gasteiger partial charge in [-0.25, -0.2) is 0 Å². The number of H-pyrrole nitrogens is 1. The Bertz CT molecular complexity index is 516. The van der Waals surface area contributed by atoms with E-state index >= 15 is 0 Å². The third-order valence-electron chi connectivity index (χ3n) is 4.48. The van der Waals surface area contributed by atoms with Crippen LogP contribution in [0.2, 0.25) is 0 Å². The summed E-state index contributed by atoms with van der Waals surface area (Å²) in [6, 6.07) is 2.18. The summed E-state index contributed by atoms with van der Waals surface area (Å²) in [5.41, 5.74) is 1.59. The van der Waals surface area contributed by atoms with Crippen LogP contribution in [0.3, 0.4) is 0 Å². The Morgan fingerprint density at radius 2 is 2.14 bits per heavy atom. The van der Waals surface area contributed by atoms with Crippen molar-refractivity contribution in [1.82, 2.24) is 20.4 Å². The zero-order valence-corrected chi connectivity index (χ0v) is 13.6. The van der Waals surface area contributed by atoms with Crippen LogP contribution in [0.25, 0.3) is 0 Å². The van der Waals surface area contributed by atoms with Gasteiger partial charge in [0.15, 0.2) is 0 Å². The first-order valence-electron chi connectivity index (χ1n) is 8.26. The van der Waals surface area contributed by atoms with E-state index in [0.717, 1.165) is 18.8 Å². The molecular weight excluding hydrogens is 280 g/mol. The lowest BCUT2D eigenvalue weighted by Crippen LogP contribution is -2.52. The molecule has 1 saturated carbocycles. The van der Waals surface area contributed by atoms with Crippen molar-refractivity contribution in [3.8, 4) is 0 Å². The number of ether oxygens (including phenoxy) is 1. The quantitative estimate of drug-likeness (QED) is 0.865.